The van der Waals surface area contributed by atoms with E-state index >= 15 is 0 Å². The van der Waals surface area contributed by atoms with Crippen molar-refractivity contribution in [1.29, 1.82) is 0 Å². The molecule has 0 atom stereocenters. The van der Waals surface area contributed by atoms with Gasteiger partial charge >= 0.3 is 6.18 Å². The van der Waals surface area contributed by atoms with Gasteiger partial charge in [0.25, 0.3) is 0 Å². The van der Waals surface area contributed by atoms with Crippen molar-refractivity contribution >= 4 is 5.78 Å². The number of alkyl halides is 3. The molecule has 0 aliphatic heterocycles. The molecular formula is C12H8F4N2O. The number of halogens is 4. The molecule has 1 heterocycles. The third-order valence-corrected chi connectivity index (χ3v) is 2.52. The highest BCUT2D eigenvalue weighted by Gasteiger charge is 2.38. The smallest absolute Gasteiger partial charge is 0.289 e. The fourth-order valence-corrected chi connectivity index (χ4v) is 1.58. The van der Waals surface area contributed by atoms with E-state index in [1.165, 1.54) is 24.3 Å². The lowest BCUT2D eigenvalue weighted by Crippen LogP contribution is -2.24. The number of Topliss-reactive ketones (excluding diaryl/α,β-unsaturated/α-hetero) is 1. The summed E-state index contributed by atoms with van der Waals surface area (Å²) >= 11 is 0. The molecule has 0 aliphatic rings. The van der Waals surface area contributed by atoms with Crippen molar-refractivity contribution in [3.05, 3.63) is 41.8 Å². The zero-order valence-corrected chi connectivity index (χ0v) is 9.46. The number of hydrogen-bond donors (Lipinski definition) is 1. The average Bonchev–Trinajstić information content (AvgIpc) is 2.77. The molecule has 19 heavy (non-hydrogen) atoms. The minimum Gasteiger partial charge on any atom is -0.289 e. The van der Waals surface area contributed by atoms with Crippen LogP contribution in [0.4, 0.5) is 17.6 Å². The number of carbonyl (C=O) groups is 1. The zero-order chi connectivity index (χ0) is 14.0. The summed E-state index contributed by atoms with van der Waals surface area (Å²) in [6.45, 7) is 0. The van der Waals surface area contributed by atoms with Crippen LogP contribution in [0.2, 0.25) is 0 Å². The van der Waals surface area contributed by atoms with Crippen molar-refractivity contribution in [2.24, 2.45) is 0 Å². The Kier molecular flexibility index (Phi) is 3.37. The second-order valence-corrected chi connectivity index (χ2v) is 3.87. The summed E-state index contributed by atoms with van der Waals surface area (Å²) in [7, 11) is 0. The molecule has 0 saturated heterocycles. The first kappa shape index (κ1) is 13.3. The van der Waals surface area contributed by atoms with E-state index in [1.807, 2.05) is 0 Å². The van der Waals surface area contributed by atoms with Crippen molar-refractivity contribution in [3.8, 4) is 11.3 Å². The van der Waals surface area contributed by atoms with E-state index in [-0.39, 0.29) is 11.3 Å². The first-order chi connectivity index (χ1) is 8.88. The maximum absolute atomic E-state index is 12.8. The van der Waals surface area contributed by atoms with E-state index in [4.69, 9.17) is 0 Å². The zero-order valence-electron chi connectivity index (χ0n) is 9.46. The maximum atomic E-state index is 12.8. The highest BCUT2D eigenvalue weighted by atomic mass is 19.4. The topological polar surface area (TPSA) is 45.8 Å². The third kappa shape index (κ3) is 2.98. The molecule has 0 spiro atoms. The first-order valence-corrected chi connectivity index (χ1v) is 5.26. The molecule has 0 amide bonds. The number of nitrogens with one attached hydrogen (secondary N) is 1. The predicted molar refractivity (Wildman–Crippen MR) is 58.7 cm³/mol. The monoisotopic (exact) mass is 272 g/mol. The van der Waals surface area contributed by atoms with Crippen LogP contribution in [0.5, 0.6) is 0 Å². The van der Waals surface area contributed by atoms with Gasteiger partial charge in [0.1, 0.15) is 5.82 Å². The highest BCUT2D eigenvalue weighted by molar-refractivity contribution is 5.87. The summed E-state index contributed by atoms with van der Waals surface area (Å²) in [6, 6.07) is 5.13. The van der Waals surface area contributed by atoms with Gasteiger partial charge in [-0.3, -0.25) is 9.89 Å². The number of H-pyrrole nitrogens is 1. The van der Waals surface area contributed by atoms with Gasteiger partial charge in [-0.15, -0.1) is 0 Å². The van der Waals surface area contributed by atoms with Crippen molar-refractivity contribution < 1.29 is 22.4 Å². The third-order valence-electron chi connectivity index (χ3n) is 2.52. The Labute approximate surface area is 105 Å². The van der Waals surface area contributed by atoms with E-state index in [9.17, 15) is 22.4 Å². The highest BCUT2D eigenvalue weighted by Crippen LogP contribution is 2.25. The predicted octanol–water partition coefficient (Wildman–Crippen LogP) is 2.89. The number of aromatic nitrogens is 2. The molecule has 0 aliphatic carbocycles. The van der Waals surface area contributed by atoms with E-state index in [2.05, 4.69) is 10.2 Å². The van der Waals surface area contributed by atoms with Crippen molar-refractivity contribution in [2.75, 3.05) is 0 Å². The quantitative estimate of drug-likeness (QED) is 0.873. The molecule has 100 valence electrons. The van der Waals surface area contributed by atoms with Gasteiger partial charge in [-0.2, -0.15) is 18.3 Å². The lowest BCUT2D eigenvalue weighted by atomic mass is 10.0. The molecule has 0 bridgehead atoms. The minimum absolute atomic E-state index is 0.119. The summed E-state index contributed by atoms with van der Waals surface area (Å²) in [6.07, 6.45) is -4.52. The second kappa shape index (κ2) is 4.83. The lowest BCUT2D eigenvalue weighted by molar-refractivity contribution is -0.170. The van der Waals surface area contributed by atoms with Gasteiger partial charge in [0.2, 0.25) is 5.78 Å². The van der Waals surface area contributed by atoms with Crippen LogP contribution in [0.3, 0.4) is 0 Å². The molecule has 2 rings (SSSR count). The van der Waals surface area contributed by atoms with Gasteiger partial charge in [0, 0.05) is 17.5 Å². The summed E-state index contributed by atoms with van der Waals surface area (Å²) in [5, 5.41) is 6.12. The Morgan fingerprint density at radius 1 is 1.21 bits per heavy atom. The van der Waals surface area contributed by atoms with Gasteiger partial charge < -0.3 is 0 Å². The molecule has 1 aromatic heterocycles. The molecule has 2 aromatic rings. The number of carbonyl (C=O) groups excluding carboxylic acids is 1. The number of aromatic amines is 1. The Bertz CT molecular complexity index is 587. The van der Waals surface area contributed by atoms with Crippen LogP contribution >= 0.6 is 0 Å². The molecule has 0 fully saturated rings. The Morgan fingerprint density at radius 2 is 1.84 bits per heavy atom. The van der Waals surface area contributed by atoms with Crippen molar-refractivity contribution in [3.63, 3.8) is 0 Å². The van der Waals surface area contributed by atoms with Crippen LogP contribution in [-0.4, -0.2) is 22.2 Å². The van der Waals surface area contributed by atoms with E-state index < -0.39 is 24.2 Å². The Morgan fingerprint density at radius 3 is 2.42 bits per heavy atom. The van der Waals surface area contributed by atoms with Crippen molar-refractivity contribution in [2.45, 2.75) is 12.6 Å². The van der Waals surface area contributed by atoms with Crippen LogP contribution < -0.4 is 0 Å². The standard InChI is InChI=1S/C12H8F4N2O/c13-9-3-1-7(2-4-9)11-8(6-17-18-11)5-10(19)12(14,15)16/h1-4,6H,5H2,(H,17,18). The summed E-state index contributed by atoms with van der Waals surface area (Å²) in [4.78, 5) is 10.9. The van der Waals surface area contributed by atoms with Crippen LogP contribution in [0, 0.1) is 5.82 Å². The number of nitrogens with zero attached hydrogens (tertiary/aromatic N) is 1. The minimum atomic E-state index is -4.88. The number of hydrogen-bond acceptors (Lipinski definition) is 2. The van der Waals surface area contributed by atoms with E-state index in [0.717, 1.165) is 6.20 Å². The van der Waals surface area contributed by atoms with Crippen LogP contribution in [0.15, 0.2) is 30.5 Å². The molecule has 3 nitrogen and oxygen atoms in total. The molecular weight excluding hydrogens is 264 g/mol. The van der Waals surface area contributed by atoms with Crippen LogP contribution in [-0.2, 0) is 11.2 Å². The van der Waals surface area contributed by atoms with Gasteiger partial charge in [-0.1, -0.05) is 0 Å². The van der Waals surface area contributed by atoms with Gasteiger partial charge in [-0.05, 0) is 24.3 Å². The second-order valence-electron chi connectivity index (χ2n) is 3.87. The number of benzene rings is 1. The number of rotatable bonds is 3. The normalized spacial score (nSPS) is 11.6. The average molecular weight is 272 g/mol. The molecule has 0 saturated carbocycles. The van der Waals surface area contributed by atoms with Crippen LogP contribution in [0.1, 0.15) is 5.56 Å². The van der Waals surface area contributed by atoms with E-state index in [1.54, 1.807) is 0 Å². The number of ketones is 1. The summed E-state index contributed by atoms with van der Waals surface area (Å²) < 4.78 is 49.4. The molecule has 0 unspecified atom stereocenters. The van der Waals surface area contributed by atoms with Crippen molar-refractivity contribution in [1.82, 2.24) is 10.2 Å². The fourth-order valence-electron chi connectivity index (χ4n) is 1.58. The molecule has 0 radical (unpaired) electrons. The van der Waals surface area contributed by atoms with Gasteiger partial charge in [0.05, 0.1) is 11.9 Å². The van der Waals surface area contributed by atoms with Gasteiger partial charge in [-0.25, -0.2) is 4.39 Å². The largest absolute Gasteiger partial charge is 0.450 e. The Balaban J connectivity index is 2.28. The Hall–Kier alpha value is -2.18. The lowest BCUT2D eigenvalue weighted by Gasteiger charge is -2.05. The molecule has 1 N–H and O–H groups in total. The molecule has 1 aromatic carbocycles. The van der Waals surface area contributed by atoms with E-state index in [0.29, 0.717) is 5.56 Å². The van der Waals surface area contributed by atoms with Crippen LogP contribution in [0.25, 0.3) is 11.3 Å². The first-order valence-electron chi connectivity index (χ1n) is 5.26. The van der Waals surface area contributed by atoms with Gasteiger partial charge in [0.15, 0.2) is 0 Å². The summed E-state index contributed by atoms with van der Waals surface area (Å²) in [5.41, 5.74) is 0.857. The fraction of sp³-hybridized carbons (Fsp3) is 0.167. The SMILES string of the molecule is O=C(Cc1cn[nH]c1-c1ccc(F)cc1)C(F)(F)F. The molecule has 7 heteroatoms. The maximum Gasteiger partial charge on any atom is 0.450 e. The summed E-state index contributed by atoms with van der Waals surface area (Å²) in [5.74, 6) is -2.31.